The van der Waals surface area contributed by atoms with Crippen LogP contribution in [0.1, 0.15) is 30.8 Å². The number of sulfonamides is 1. The van der Waals surface area contributed by atoms with Crippen LogP contribution >= 0.6 is 0 Å². The third-order valence-electron chi connectivity index (χ3n) is 5.38. The first-order chi connectivity index (χ1) is 15.3. The molecule has 0 radical (unpaired) electrons. The molecule has 10 heteroatoms. The maximum absolute atomic E-state index is 13.7. The van der Waals surface area contributed by atoms with E-state index in [1.165, 1.54) is 4.31 Å². The van der Waals surface area contributed by atoms with Gasteiger partial charge in [-0.25, -0.2) is 8.42 Å². The first kappa shape index (κ1) is 23.8. The molecule has 0 amide bonds. The highest BCUT2D eigenvalue weighted by atomic mass is 32.2. The van der Waals surface area contributed by atoms with Gasteiger partial charge in [-0.1, -0.05) is 6.07 Å². The minimum absolute atomic E-state index is 0.222. The molecule has 0 aliphatic carbocycles. The van der Waals surface area contributed by atoms with E-state index in [9.17, 15) is 8.42 Å². The van der Waals surface area contributed by atoms with Gasteiger partial charge in [0.15, 0.2) is 11.5 Å². The second-order valence-corrected chi connectivity index (χ2v) is 9.26. The average molecular weight is 462 g/mol. The van der Waals surface area contributed by atoms with Gasteiger partial charge < -0.3 is 9.47 Å². The molecule has 174 valence electrons. The summed E-state index contributed by atoms with van der Waals surface area (Å²) in [7, 11) is -0.601. The zero-order valence-corrected chi connectivity index (χ0v) is 20.1. The van der Waals surface area contributed by atoms with Gasteiger partial charge in [-0.15, -0.1) is 0 Å². The van der Waals surface area contributed by atoms with Crippen molar-refractivity contribution in [3.63, 3.8) is 0 Å². The number of benzene rings is 1. The van der Waals surface area contributed by atoms with Gasteiger partial charge in [0.25, 0.3) is 0 Å². The van der Waals surface area contributed by atoms with Crippen LogP contribution in [0.25, 0.3) is 0 Å². The van der Waals surface area contributed by atoms with Crippen LogP contribution in [-0.2, 0) is 36.1 Å². The zero-order valence-electron chi connectivity index (χ0n) is 19.3. The number of methoxy groups -OCH3 is 2. The first-order valence-electron chi connectivity index (χ1n) is 10.6. The zero-order chi connectivity index (χ0) is 23.3. The quantitative estimate of drug-likeness (QED) is 0.436. The molecule has 3 rings (SSSR count). The van der Waals surface area contributed by atoms with E-state index in [4.69, 9.17) is 9.47 Å². The molecule has 1 aromatic carbocycles. The molecule has 0 aliphatic heterocycles. The van der Waals surface area contributed by atoms with E-state index in [2.05, 4.69) is 10.2 Å². The predicted octanol–water partition coefficient (Wildman–Crippen LogP) is 2.88. The highest BCUT2D eigenvalue weighted by Crippen LogP contribution is 2.28. The fraction of sp³-hybridized carbons (Fsp3) is 0.455. The highest BCUT2D eigenvalue weighted by Gasteiger charge is 2.29. The van der Waals surface area contributed by atoms with E-state index in [0.717, 1.165) is 11.3 Å². The van der Waals surface area contributed by atoms with E-state index >= 15 is 0 Å². The lowest BCUT2D eigenvalue weighted by molar-refractivity contribution is 0.354. The standard InChI is InChI=1S/C22H31N5O4S/c1-6-25-16-22(17(3)24-25)32(28,29)26(15-19-10-12-23-27(19)7-2)13-11-18-8-9-20(30-4)21(14-18)31-5/h8-10,12,14,16H,6-7,11,13,15H2,1-5H3. The van der Waals surface area contributed by atoms with Gasteiger partial charge in [0.05, 0.1) is 32.2 Å². The molecule has 32 heavy (non-hydrogen) atoms. The Bertz CT molecular complexity index is 1150. The smallest absolute Gasteiger partial charge is 0.246 e. The molecule has 0 atom stereocenters. The van der Waals surface area contributed by atoms with E-state index in [1.54, 1.807) is 42.9 Å². The Morgan fingerprint density at radius 1 is 1.06 bits per heavy atom. The van der Waals surface area contributed by atoms with Gasteiger partial charge in [0, 0.05) is 32.0 Å². The summed E-state index contributed by atoms with van der Waals surface area (Å²) in [5.41, 5.74) is 2.28. The maximum Gasteiger partial charge on any atom is 0.246 e. The molecule has 0 bridgehead atoms. The van der Waals surface area contributed by atoms with Gasteiger partial charge in [-0.2, -0.15) is 14.5 Å². The van der Waals surface area contributed by atoms with Crippen LogP contribution in [0.15, 0.2) is 41.6 Å². The van der Waals surface area contributed by atoms with Crippen molar-refractivity contribution in [2.45, 2.75) is 51.7 Å². The number of aryl methyl sites for hydroxylation is 3. The average Bonchev–Trinajstić information content (AvgIpc) is 3.41. The number of hydrogen-bond acceptors (Lipinski definition) is 6. The van der Waals surface area contributed by atoms with Gasteiger partial charge in [0.2, 0.25) is 10.0 Å². The van der Waals surface area contributed by atoms with Crippen molar-refractivity contribution in [2.24, 2.45) is 0 Å². The summed E-state index contributed by atoms with van der Waals surface area (Å²) in [4.78, 5) is 0.231. The number of hydrogen-bond donors (Lipinski definition) is 0. The van der Waals surface area contributed by atoms with Crippen LogP contribution in [0.2, 0.25) is 0 Å². The van der Waals surface area contributed by atoms with E-state index in [-0.39, 0.29) is 11.4 Å². The van der Waals surface area contributed by atoms with Gasteiger partial charge in [-0.3, -0.25) is 9.36 Å². The molecular formula is C22H31N5O4S. The number of ether oxygens (including phenoxy) is 2. The van der Waals surface area contributed by atoms with Gasteiger partial charge in [-0.05, 0) is 51.0 Å². The molecule has 0 spiro atoms. The molecule has 3 aromatic rings. The third-order valence-corrected chi connectivity index (χ3v) is 7.33. The van der Waals surface area contributed by atoms with Crippen molar-refractivity contribution >= 4 is 10.0 Å². The largest absolute Gasteiger partial charge is 0.493 e. The normalized spacial score (nSPS) is 11.8. The monoisotopic (exact) mass is 461 g/mol. The molecule has 0 N–H and O–H groups in total. The molecule has 2 heterocycles. The van der Waals surface area contributed by atoms with Crippen LogP contribution in [0.3, 0.4) is 0 Å². The summed E-state index contributed by atoms with van der Waals surface area (Å²) in [6, 6.07) is 7.47. The van der Waals surface area contributed by atoms with Crippen molar-refractivity contribution in [3.05, 3.63) is 53.6 Å². The lowest BCUT2D eigenvalue weighted by atomic mass is 10.1. The summed E-state index contributed by atoms with van der Waals surface area (Å²) < 4.78 is 42.9. The van der Waals surface area contributed by atoms with E-state index < -0.39 is 10.0 Å². The van der Waals surface area contributed by atoms with Crippen molar-refractivity contribution in [2.75, 3.05) is 20.8 Å². The van der Waals surface area contributed by atoms with E-state index in [1.807, 2.05) is 38.1 Å². The summed E-state index contributed by atoms with van der Waals surface area (Å²) >= 11 is 0. The predicted molar refractivity (Wildman–Crippen MR) is 121 cm³/mol. The van der Waals surface area contributed by atoms with Gasteiger partial charge in [0.1, 0.15) is 4.90 Å². The highest BCUT2D eigenvalue weighted by molar-refractivity contribution is 7.89. The summed E-state index contributed by atoms with van der Waals surface area (Å²) in [5, 5.41) is 8.62. The number of rotatable bonds is 11. The Labute approximate surface area is 189 Å². The summed E-state index contributed by atoms with van der Waals surface area (Å²) in [6.45, 7) is 7.42. The van der Waals surface area contributed by atoms with Crippen LogP contribution in [-0.4, -0.2) is 53.0 Å². The molecule has 0 unspecified atom stereocenters. The van der Waals surface area contributed by atoms with Crippen LogP contribution < -0.4 is 9.47 Å². The molecule has 0 fully saturated rings. The lowest BCUT2D eigenvalue weighted by Gasteiger charge is -2.22. The Hall–Kier alpha value is -2.85. The lowest BCUT2D eigenvalue weighted by Crippen LogP contribution is -2.33. The Morgan fingerprint density at radius 2 is 1.81 bits per heavy atom. The molecule has 0 aliphatic rings. The van der Waals surface area contributed by atoms with E-state index in [0.29, 0.717) is 43.2 Å². The minimum Gasteiger partial charge on any atom is -0.493 e. The van der Waals surface area contributed by atoms with Gasteiger partial charge >= 0.3 is 0 Å². The topological polar surface area (TPSA) is 91.5 Å². The van der Waals surface area contributed by atoms with Crippen LogP contribution in [0.5, 0.6) is 11.5 Å². The minimum atomic E-state index is -3.77. The summed E-state index contributed by atoms with van der Waals surface area (Å²) in [6.07, 6.45) is 3.81. The van der Waals surface area contributed by atoms with Crippen molar-refractivity contribution < 1.29 is 17.9 Å². The molecule has 0 saturated heterocycles. The Balaban J connectivity index is 1.93. The van der Waals surface area contributed by atoms with Crippen molar-refractivity contribution in [1.82, 2.24) is 23.9 Å². The second-order valence-electron chi connectivity index (χ2n) is 7.35. The Morgan fingerprint density at radius 3 is 2.44 bits per heavy atom. The second kappa shape index (κ2) is 10.2. The van der Waals surface area contributed by atoms with Crippen molar-refractivity contribution in [1.29, 1.82) is 0 Å². The SMILES string of the molecule is CCn1cc(S(=O)(=O)N(CCc2ccc(OC)c(OC)c2)Cc2ccnn2CC)c(C)n1. The first-order valence-corrected chi connectivity index (χ1v) is 12.0. The maximum atomic E-state index is 13.7. The Kier molecular flexibility index (Phi) is 7.57. The van der Waals surface area contributed by atoms with Crippen LogP contribution in [0, 0.1) is 6.92 Å². The fourth-order valence-electron chi connectivity index (χ4n) is 3.59. The molecule has 9 nitrogen and oxygen atoms in total. The fourth-order valence-corrected chi connectivity index (χ4v) is 5.17. The van der Waals surface area contributed by atoms with Crippen LogP contribution in [0.4, 0.5) is 0 Å². The third kappa shape index (κ3) is 4.97. The number of nitrogens with zero attached hydrogens (tertiary/aromatic N) is 5. The van der Waals surface area contributed by atoms with Crippen molar-refractivity contribution in [3.8, 4) is 11.5 Å². The number of aromatic nitrogens is 4. The molecule has 2 aromatic heterocycles. The molecule has 0 saturated carbocycles. The summed E-state index contributed by atoms with van der Waals surface area (Å²) in [5.74, 6) is 1.25. The molecular weight excluding hydrogens is 430 g/mol.